The first-order chi connectivity index (χ1) is 11.6. The highest BCUT2D eigenvalue weighted by Crippen LogP contribution is 2.48. The van der Waals surface area contributed by atoms with E-state index in [0.29, 0.717) is 6.42 Å². The molecule has 1 aliphatic rings. The molecule has 0 bridgehead atoms. The van der Waals surface area contributed by atoms with E-state index in [2.05, 4.69) is 35.6 Å². The molecule has 0 spiro atoms. The molecule has 1 fully saturated rings. The quantitative estimate of drug-likeness (QED) is 0.800. The van der Waals surface area contributed by atoms with E-state index in [9.17, 15) is 14.7 Å². The van der Waals surface area contributed by atoms with Gasteiger partial charge in [-0.2, -0.15) is 0 Å². The summed E-state index contributed by atoms with van der Waals surface area (Å²) in [6, 6.07) is 13.5. The second-order valence-electron chi connectivity index (χ2n) is 6.26. The van der Waals surface area contributed by atoms with Gasteiger partial charge in [0, 0.05) is 5.92 Å². The maximum absolute atomic E-state index is 12.3. The van der Waals surface area contributed by atoms with Gasteiger partial charge in [-0.3, -0.25) is 4.79 Å². The number of carbonyl (C=O) groups is 2. The van der Waals surface area contributed by atoms with E-state index < -0.39 is 12.0 Å². The van der Waals surface area contributed by atoms with Crippen LogP contribution in [0.3, 0.4) is 0 Å². The number of hydrogen-bond donors (Lipinski definition) is 2. The lowest BCUT2D eigenvalue weighted by Crippen LogP contribution is -2.41. The molecule has 4 heteroatoms. The van der Waals surface area contributed by atoms with Crippen LogP contribution in [0.4, 0.5) is 0 Å². The van der Waals surface area contributed by atoms with E-state index >= 15 is 0 Å². The third kappa shape index (κ3) is 3.48. The lowest BCUT2D eigenvalue weighted by molar-refractivity contribution is -0.141. The minimum Gasteiger partial charge on any atom is -0.480 e. The number of fused-ring (bicyclic) bond motifs is 1. The Bertz CT molecular complexity index is 796. The number of rotatable bonds is 6. The van der Waals surface area contributed by atoms with E-state index in [0.717, 1.165) is 17.4 Å². The molecule has 1 saturated carbocycles. The van der Waals surface area contributed by atoms with E-state index in [4.69, 9.17) is 0 Å². The van der Waals surface area contributed by atoms with Crippen LogP contribution in [0.15, 0.2) is 54.6 Å². The summed E-state index contributed by atoms with van der Waals surface area (Å²) in [5, 5.41) is 14.2. The van der Waals surface area contributed by atoms with Crippen LogP contribution >= 0.6 is 0 Å². The van der Waals surface area contributed by atoms with Gasteiger partial charge in [0.25, 0.3) is 0 Å². The van der Waals surface area contributed by atoms with Crippen molar-refractivity contribution in [2.75, 3.05) is 0 Å². The van der Waals surface area contributed by atoms with Gasteiger partial charge < -0.3 is 10.4 Å². The summed E-state index contributed by atoms with van der Waals surface area (Å²) in [6.07, 6.45) is 4.63. The molecule has 0 aromatic heterocycles. The van der Waals surface area contributed by atoms with Crippen LogP contribution in [0.25, 0.3) is 10.8 Å². The van der Waals surface area contributed by atoms with Crippen molar-refractivity contribution in [1.82, 2.24) is 5.32 Å². The topological polar surface area (TPSA) is 66.4 Å². The number of amides is 1. The minimum absolute atomic E-state index is 0.126. The zero-order chi connectivity index (χ0) is 17.1. The van der Waals surface area contributed by atoms with Gasteiger partial charge in [0.05, 0.1) is 0 Å². The van der Waals surface area contributed by atoms with Gasteiger partial charge >= 0.3 is 5.97 Å². The smallest absolute Gasteiger partial charge is 0.326 e. The summed E-state index contributed by atoms with van der Waals surface area (Å²) >= 11 is 0. The summed E-state index contributed by atoms with van der Waals surface area (Å²) in [4.78, 5) is 23.6. The highest BCUT2D eigenvalue weighted by atomic mass is 16.4. The Morgan fingerprint density at radius 1 is 1.25 bits per heavy atom. The Kier molecular flexibility index (Phi) is 4.65. The maximum Gasteiger partial charge on any atom is 0.326 e. The molecule has 2 N–H and O–H groups in total. The fourth-order valence-corrected chi connectivity index (χ4v) is 3.06. The molecule has 1 aliphatic carbocycles. The normalized spacial score (nSPS) is 20.9. The first-order valence-corrected chi connectivity index (χ1v) is 8.23. The number of nitrogens with one attached hydrogen (secondary N) is 1. The molecule has 3 rings (SSSR count). The molecule has 1 amide bonds. The van der Waals surface area contributed by atoms with Gasteiger partial charge in [-0.25, -0.2) is 4.79 Å². The standard InChI is InChI=1S/C20H21NO3/c1-2-3-8-18(20(23)24)21-19(22)17-12-16(17)15-10-9-13-6-4-5-7-14(13)11-15/h2-7,9-11,16-18H,8,12H2,1H3,(H,21,22)(H,23,24)/b3-2+. The molecule has 0 aliphatic heterocycles. The van der Waals surface area contributed by atoms with Crippen LogP contribution in [0, 0.1) is 5.92 Å². The average molecular weight is 323 g/mol. The Balaban J connectivity index is 1.66. The predicted molar refractivity (Wildman–Crippen MR) is 93.8 cm³/mol. The van der Waals surface area contributed by atoms with Gasteiger partial charge in [-0.1, -0.05) is 54.6 Å². The van der Waals surface area contributed by atoms with E-state index in [1.807, 2.05) is 19.1 Å². The first-order valence-electron chi connectivity index (χ1n) is 8.23. The number of benzene rings is 2. The van der Waals surface area contributed by atoms with Crippen molar-refractivity contribution in [3.63, 3.8) is 0 Å². The van der Waals surface area contributed by atoms with Crippen LogP contribution in [0.1, 0.15) is 31.2 Å². The second kappa shape index (κ2) is 6.87. The van der Waals surface area contributed by atoms with Crippen LogP contribution in [-0.4, -0.2) is 23.0 Å². The average Bonchev–Trinajstić information content (AvgIpc) is 3.38. The summed E-state index contributed by atoms with van der Waals surface area (Å²) in [5.41, 5.74) is 1.15. The van der Waals surface area contributed by atoms with Gasteiger partial charge in [0.15, 0.2) is 0 Å². The van der Waals surface area contributed by atoms with Crippen molar-refractivity contribution in [3.8, 4) is 0 Å². The first kappa shape index (κ1) is 16.2. The van der Waals surface area contributed by atoms with Crippen molar-refractivity contribution in [1.29, 1.82) is 0 Å². The fourth-order valence-electron chi connectivity index (χ4n) is 3.06. The highest BCUT2D eigenvalue weighted by molar-refractivity contribution is 5.88. The summed E-state index contributed by atoms with van der Waals surface area (Å²) in [7, 11) is 0. The van der Waals surface area contributed by atoms with Gasteiger partial charge in [-0.05, 0) is 42.0 Å². The minimum atomic E-state index is -0.996. The van der Waals surface area contributed by atoms with Crippen LogP contribution < -0.4 is 5.32 Å². The van der Waals surface area contributed by atoms with Gasteiger partial charge in [-0.15, -0.1) is 0 Å². The number of hydrogen-bond acceptors (Lipinski definition) is 2. The lowest BCUT2D eigenvalue weighted by Gasteiger charge is -2.12. The van der Waals surface area contributed by atoms with Crippen LogP contribution in [0.5, 0.6) is 0 Å². The van der Waals surface area contributed by atoms with E-state index in [-0.39, 0.29) is 17.7 Å². The molecule has 124 valence electrons. The molecule has 0 saturated heterocycles. The largest absolute Gasteiger partial charge is 0.480 e. The lowest BCUT2D eigenvalue weighted by atomic mass is 10.0. The molecule has 4 nitrogen and oxygen atoms in total. The predicted octanol–water partition coefficient (Wildman–Crippen LogP) is 3.48. The van der Waals surface area contributed by atoms with Gasteiger partial charge in [0.2, 0.25) is 5.91 Å². The number of carboxylic acids is 1. The third-order valence-electron chi connectivity index (χ3n) is 4.55. The Labute approximate surface area is 141 Å². The molecule has 2 aromatic carbocycles. The fraction of sp³-hybridized carbons (Fsp3) is 0.300. The molecule has 24 heavy (non-hydrogen) atoms. The van der Waals surface area contributed by atoms with E-state index in [1.165, 1.54) is 5.39 Å². The highest BCUT2D eigenvalue weighted by Gasteiger charge is 2.44. The molecule has 3 atom stereocenters. The summed E-state index contributed by atoms with van der Waals surface area (Å²) in [6.45, 7) is 1.83. The third-order valence-corrected chi connectivity index (χ3v) is 4.55. The maximum atomic E-state index is 12.3. The number of carbonyl (C=O) groups excluding carboxylic acids is 1. The van der Waals surface area contributed by atoms with Crippen LogP contribution in [0.2, 0.25) is 0 Å². The van der Waals surface area contributed by atoms with Crippen molar-refractivity contribution >= 4 is 22.6 Å². The SMILES string of the molecule is C/C=C/CC(NC(=O)C1CC1c1ccc2ccccc2c1)C(=O)O. The Hall–Kier alpha value is -2.62. The second-order valence-corrected chi connectivity index (χ2v) is 6.26. The van der Waals surface area contributed by atoms with Crippen LogP contribution in [-0.2, 0) is 9.59 Å². The molecular formula is C20H21NO3. The zero-order valence-corrected chi connectivity index (χ0v) is 13.6. The Morgan fingerprint density at radius 2 is 2.00 bits per heavy atom. The van der Waals surface area contributed by atoms with Crippen molar-refractivity contribution in [2.24, 2.45) is 5.92 Å². The Morgan fingerprint density at radius 3 is 2.71 bits per heavy atom. The summed E-state index contributed by atoms with van der Waals surface area (Å²) in [5.74, 6) is -1.10. The number of aliphatic carboxylic acids is 1. The monoisotopic (exact) mass is 323 g/mol. The summed E-state index contributed by atoms with van der Waals surface area (Å²) < 4.78 is 0. The van der Waals surface area contributed by atoms with Crippen molar-refractivity contribution in [2.45, 2.75) is 31.7 Å². The molecule has 3 unspecified atom stereocenters. The van der Waals surface area contributed by atoms with E-state index in [1.54, 1.807) is 12.2 Å². The molecule has 0 radical (unpaired) electrons. The van der Waals surface area contributed by atoms with Crippen molar-refractivity contribution < 1.29 is 14.7 Å². The number of allylic oxidation sites excluding steroid dienone is 1. The molecule has 2 aromatic rings. The van der Waals surface area contributed by atoms with Crippen molar-refractivity contribution in [3.05, 3.63) is 60.2 Å². The van der Waals surface area contributed by atoms with Gasteiger partial charge in [0.1, 0.15) is 6.04 Å². The number of carboxylic acid groups (broad SMARTS) is 1. The molecule has 0 heterocycles. The zero-order valence-electron chi connectivity index (χ0n) is 13.6. The molecular weight excluding hydrogens is 302 g/mol.